The SMILES string of the molecule is O=C(O)CCCc1ccc(OC2OCCCC2=O)cc1O. The maximum absolute atomic E-state index is 11.6. The zero-order valence-corrected chi connectivity index (χ0v) is 11.6. The molecule has 21 heavy (non-hydrogen) atoms. The maximum atomic E-state index is 11.6. The van der Waals surface area contributed by atoms with Gasteiger partial charge >= 0.3 is 5.97 Å². The van der Waals surface area contributed by atoms with Gasteiger partial charge in [-0.25, -0.2) is 0 Å². The van der Waals surface area contributed by atoms with E-state index in [2.05, 4.69) is 0 Å². The van der Waals surface area contributed by atoms with Crippen molar-refractivity contribution in [3.05, 3.63) is 23.8 Å². The fourth-order valence-electron chi connectivity index (χ4n) is 2.13. The summed E-state index contributed by atoms with van der Waals surface area (Å²) in [4.78, 5) is 22.0. The maximum Gasteiger partial charge on any atom is 0.303 e. The second-order valence-electron chi connectivity index (χ2n) is 4.93. The summed E-state index contributed by atoms with van der Waals surface area (Å²) in [5.41, 5.74) is 0.652. The Balaban J connectivity index is 1.94. The van der Waals surface area contributed by atoms with Gasteiger partial charge in [0, 0.05) is 18.9 Å². The molecule has 0 aromatic heterocycles. The summed E-state index contributed by atoms with van der Waals surface area (Å²) in [7, 11) is 0. The zero-order valence-electron chi connectivity index (χ0n) is 11.6. The van der Waals surface area contributed by atoms with Gasteiger partial charge in [0.25, 0.3) is 6.29 Å². The van der Waals surface area contributed by atoms with Crippen molar-refractivity contribution >= 4 is 11.8 Å². The molecule has 0 aliphatic carbocycles. The molecule has 2 rings (SSSR count). The Morgan fingerprint density at radius 2 is 2.24 bits per heavy atom. The molecule has 0 bridgehead atoms. The second kappa shape index (κ2) is 7.08. The van der Waals surface area contributed by atoms with E-state index in [0.29, 0.717) is 43.6 Å². The number of Topliss-reactive ketones (excluding diaryl/α,β-unsaturated/α-hetero) is 1. The van der Waals surface area contributed by atoms with Crippen molar-refractivity contribution in [2.45, 2.75) is 38.4 Å². The summed E-state index contributed by atoms with van der Waals surface area (Å²) >= 11 is 0. The third-order valence-electron chi connectivity index (χ3n) is 3.24. The Bertz CT molecular complexity index is 525. The number of hydrogen-bond donors (Lipinski definition) is 2. The number of hydrogen-bond acceptors (Lipinski definition) is 5. The van der Waals surface area contributed by atoms with Crippen molar-refractivity contribution in [2.75, 3.05) is 6.61 Å². The van der Waals surface area contributed by atoms with Crippen molar-refractivity contribution in [2.24, 2.45) is 0 Å². The minimum atomic E-state index is -0.906. The van der Waals surface area contributed by atoms with Crippen molar-refractivity contribution in [3.8, 4) is 11.5 Å². The van der Waals surface area contributed by atoms with Gasteiger partial charge in [-0.15, -0.1) is 0 Å². The molecule has 1 unspecified atom stereocenters. The summed E-state index contributed by atoms with van der Waals surface area (Å²) in [5.74, 6) is -0.579. The number of phenolic OH excluding ortho intramolecular Hbond substituents is 1. The predicted molar refractivity (Wildman–Crippen MR) is 73.3 cm³/mol. The molecular weight excluding hydrogens is 276 g/mol. The van der Waals surface area contributed by atoms with Crippen LogP contribution in [0, 0.1) is 0 Å². The Kier molecular flexibility index (Phi) is 5.16. The number of phenols is 1. The first kappa shape index (κ1) is 15.3. The molecule has 6 nitrogen and oxygen atoms in total. The Morgan fingerprint density at radius 1 is 1.43 bits per heavy atom. The molecule has 0 saturated carbocycles. The smallest absolute Gasteiger partial charge is 0.303 e. The summed E-state index contributed by atoms with van der Waals surface area (Å²) in [6.07, 6.45) is 1.21. The van der Waals surface area contributed by atoms with E-state index in [1.807, 2.05) is 0 Å². The molecule has 1 aliphatic heterocycles. The lowest BCUT2D eigenvalue weighted by molar-refractivity contribution is -0.158. The van der Waals surface area contributed by atoms with Crippen LogP contribution in [0.15, 0.2) is 18.2 Å². The van der Waals surface area contributed by atoms with Crippen LogP contribution in [-0.4, -0.2) is 34.9 Å². The highest BCUT2D eigenvalue weighted by molar-refractivity contribution is 5.82. The third kappa shape index (κ3) is 4.46. The van der Waals surface area contributed by atoms with Crippen molar-refractivity contribution in [1.82, 2.24) is 0 Å². The molecule has 1 aromatic carbocycles. The molecule has 114 valence electrons. The van der Waals surface area contributed by atoms with Crippen LogP contribution in [0.1, 0.15) is 31.2 Å². The van der Waals surface area contributed by atoms with Crippen LogP contribution in [-0.2, 0) is 20.7 Å². The van der Waals surface area contributed by atoms with Gasteiger partial charge in [0.05, 0.1) is 6.61 Å². The van der Waals surface area contributed by atoms with Crippen LogP contribution < -0.4 is 4.74 Å². The van der Waals surface area contributed by atoms with Crippen LogP contribution in [0.4, 0.5) is 0 Å². The van der Waals surface area contributed by atoms with Gasteiger partial charge in [-0.3, -0.25) is 9.59 Å². The van der Waals surface area contributed by atoms with Gasteiger partial charge in [0.1, 0.15) is 11.5 Å². The van der Waals surface area contributed by atoms with E-state index in [4.69, 9.17) is 14.6 Å². The van der Waals surface area contributed by atoms with E-state index < -0.39 is 12.3 Å². The quantitative estimate of drug-likeness (QED) is 0.832. The number of ether oxygens (including phenoxy) is 2. The second-order valence-corrected chi connectivity index (χ2v) is 4.93. The van der Waals surface area contributed by atoms with Gasteiger partial charge < -0.3 is 19.7 Å². The minimum absolute atomic E-state index is 0.0288. The summed E-state index contributed by atoms with van der Waals surface area (Å²) in [6.45, 7) is 0.482. The fourth-order valence-corrected chi connectivity index (χ4v) is 2.13. The Hall–Kier alpha value is -2.08. The average molecular weight is 294 g/mol. The molecule has 1 heterocycles. The number of carbonyl (C=O) groups excluding carboxylic acids is 1. The summed E-state index contributed by atoms with van der Waals surface area (Å²) in [5, 5.41) is 18.5. The normalized spacial score (nSPS) is 18.5. The number of carbonyl (C=O) groups is 2. The predicted octanol–water partition coefficient (Wildman–Crippen LogP) is 1.88. The molecule has 1 atom stereocenters. The first-order valence-electron chi connectivity index (χ1n) is 6.91. The van der Waals surface area contributed by atoms with Crippen LogP contribution in [0.2, 0.25) is 0 Å². The number of carboxylic acid groups (broad SMARTS) is 1. The lowest BCUT2D eigenvalue weighted by Gasteiger charge is -2.22. The molecular formula is C15H18O6. The van der Waals surface area contributed by atoms with E-state index in [1.165, 1.54) is 6.07 Å². The number of carboxylic acids is 1. The lowest BCUT2D eigenvalue weighted by atomic mass is 10.1. The van der Waals surface area contributed by atoms with Crippen LogP contribution in [0.25, 0.3) is 0 Å². The van der Waals surface area contributed by atoms with Crippen LogP contribution in [0.5, 0.6) is 11.5 Å². The first-order valence-corrected chi connectivity index (χ1v) is 6.91. The molecule has 1 saturated heterocycles. The number of aryl methyl sites for hydroxylation is 1. The summed E-state index contributed by atoms with van der Waals surface area (Å²) < 4.78 is 10.7. The molecule has 0 amide bonds. The number of aliphatic carboxylic acids is 1. The van der Waals surface area contributed by atoms with Gasteiger partial charge in [0.2, 0.25) is 5.78 Å². The fraction of sp³-hybridized carbons (Fsp3) is 0.467. The highest BCUT2D eigenvalue weighted by atomic mass is 16.7. The van der Waals surface area contributed by atoms with E-state index in [9.17, 15) is 14.7 Å². The lowest BCUT2D eigenvalue weighted by Crippen LogP contribution is -2.34. The number of ketones is 1. The molecule has 0 spiro atoms. The van der Waals surface area contributed by atoms with E-state index in [0.717, 1.165) is 0 Å². The molecule has 1 aliphatic rings. The molecule has 1 aromatic rings. The molecule has 2 N–H and O–H groups in total. The van der Waals surface area contributed by atoms with Crippen LogP contribution >= 0.6 is 0 Å². The summed E-state index contributed by atoms with van der Waals surface area (Å²) in [6, 6.07) is 4.72. The van der Waals surface area contributed by atoms with E-state index >= 15 is 0 Å². The monoisotopic (exact) mass is 294 g/mol. The number of rotatable bonds is 6. The largest absolute Gasteiger partial charge is 0.508 e. The van der Waals surface area contributed by atoms with E-state index in [-0.39, 0.29) is 18.0 Å². The first-order chi connectivity index (χ1) is 10.1. The van der Waals surface area contributed by atoms with Crippen LogP contribution in [0.3, 0.4) is 0 Å². The van der Waals surface area contributed by atoms with Gasteiger partial charge in [-0.05, 0) is 30.9 Å². The highest BCUT2D eigenvalue weighted by Gasteiger charge is 2.24. The molecule has 0 radical (unpaired) electrons. The third-order valence-corrected chi connectivity index (χ3v) is 3.24. The Morgan fingerprint density at radius 3 is 2.90 bits per heavy atom. The van der Waals surface area contributed by atoms with Crippen molar-refractivity contribution in [3.63, 3.8) is 0 Å². The number of benzene rings is 1. The molecule has 6 heteroatoms. The van der Waals surface area contributed by atoms with Crippen molar-refractivity contribution < 1.29 is 29.3 Å². The standard InChI is InChI=1S/C15H18O6/c16-12-4-2-8-20-15(12)21-11-7-6-10(13(17)9-11)3-1-5-14(18)19/h6-7,9,15,17H,1-5,8H2,(H,18,19). The van der Waals surface area contributed by atoms with Gasteiger partial charge in [0.15, 0.2) is 0 Å². The highest BCUT2D eigenvalue weighted by Crippen LogP contribution is 2.26. The van der Waals surface area contributed by atoms with Gasteiger partial charge in [-0.1, -0.05) is 6.07 Å². The van der Waals surface area contributed by atoms with Crippen molar-refractivity contribution in [1.29, 1.82) is 0 Å². The number of aromatic hydroxyl groups is 1. The van der Waals surface area contributed by atoms with E-state index in [1.54, 1.807) is 12.1 Å². The zero-order chi connectivity index (χ0) is 15.2. The topological polar surface area (TPSA) is 93.1 Å². The Labute approximate surface area is 122 Å². The average Bonchev–Trinajstić information content (AvgIpc) is 2.43. The molecule has 1 fully saturated rings. The van der Waals surface area contributed by atoms with Gasteiger partial charge in [-0.2, -0.15) is 0 Å². The minimum Gasteiger partial charge on any atom is -0.508 e.